The van der Waals surface area contributed by atoms with E-state index in [2.05, 4.69) is 15.4 Å². The molecule has 1 N–H and O–H groups in total. The van der Waals surface area contributed by atoms with Crippen LogP contribution in [0.15, 0.2) is 35.4 Å². The molecule has 0 aliphatic carbocycles. The number of nitrogens with zero attached hydrogens (tertiary/aromatic N) is 2. The van der Waals surface area contributed by atoms with Gasteiger partial charge in [-0.3, -0.25) is 14.5 Å². The van der Waals surface area contributed by atoms with Gasteiger partial charge in [0.2, 0.25) is 5.78 Å². The molecule has 0 spiro atoms. The van der Waals surface area contributed by atoms with Gasteiger partial charge in [0.15, 0.2) is 0 Å². The fraction of sp³-hybridized carbons (Fsp3) is 0.357. The SMILES string of the molecule is Cl.O=C(CN1CCCC1)N/N=C/C(=O)c1ccccc1. The highest BCUT2D eigenvalue weighted by atomic mass is 35.5. The Bertz CT molecular complexity index is 471. The average molecular weight is 296 g/mol. The van der Waals surface area contributed by atoms with E-state index < -0.39 is 0 Å². The van der Waals surface area contributed by atoms with Gasteiger partial charge in [-0.15, -0.1) is 12.4 Å². The van der Waals surface area contributed by atoms with E-state index in [0.29, 0.717) is 12.1 Å². The van der Waals surface area contributed by atoms with Crippen molar-refractivity contribution in [2.75, 3.05) is 19.6 Å². The average Bonchev–Trinajstić information content (AvgIpc) is 2.92. The summed E-state index contributed by atoms with van der Waals surface area (Å²) in [5.74, 6) is -0.402. The Balaban J connectivity index is 0.00000200. The summed E-state index contributed by atoms with van der Waals surface area (Å²) in [6, 6.07) is 8.83. The molecule has 0 atom stereocenters. The zero-order valence-electron chi connectivity index (χ0n) is 11.1. The van der Waals surface area contributed by atoms with E-state index in [9.17, 15) is 9.59 Å². The molecule has 2 rings (SSSR count). The third-order valence-electron chi connectivity index (χ3n) is 3.00. The van der Waals surface area contributed by atoms with Gasteiger partial charge in [0.05, 0.1) is 12.8 Å². The van der Waals surface area contributed by atoms with Gasteiger partial charge in [-0.05, 0) is 25.9 Å². The summed E-state index contributed by atoms with van der Waals surface area (Å²) in [6.45, 7) is 2.26. The highest BCUT2D eigenvalue weighted by molar-refractivity contribution is 6.35. The van der Waals surface area contributed by atoms with E-state index in [0.717, 1.165) is 32.1 Å². The van der Waals surface area contributed by atoms with E-state index >= 15 is 0 Å². The van der Waals surface area contributed by atoms with Crippen LogP contribution in [0.2, 0.25) is 0 Å². The van der Waals surface area contributed by atoms with E-state index in [1.165, 1.54) is 0 Å². The summed E-state index contributed by atoms with van der Waals surface area (Å²) in [5, 5.41) is 3.69. The van der Waals surface area contributed by atoms with Crippen molar-refractivity contribution in [3.8, 4) is 0 Å². The highest BCUT2D eigenvalue weighted by Gasteiger charge is 2.14. The minimum absolute atomic E-state index is 0. The quantitative estimate of drug-likeness (QED) is 0.508. The lowest BCUT2D eigenvalue weighted by molar-refractivity contribution is -0.121. The molecule has 108 valence electrons. The number of Topliss-reactive ketones (excluding diaryl/α,β-unsaturated/α-hetero) is 1. The molecule has 1 aromatic carbocycles. The molecule has 1 heterocycles. The summed E-state index contributed by atoms with van der Waals surface area (Å²) < 4.78 is 0. The number of ketones is 1. The number of hydrogen-bond acceptors (Lipinski definition) is 4. The maximum absolute atomic E-state index is 11.7. The molecule has 0 saturated carbocycles. The fourth-order valence-corrected chi connectivity index (χ4v) is 2.02. The van der Waals surface area contributed by atoms with Crippen LogP contribution in [0.3, 0.4) is 0 Å². The first kappa shape index (κ1) is 16.3. The predicted molar refractivity (Wildman–Crippen MR) is 80.3 cm³/mol. The molecule has 1 aliphatic heterocycles. The summed E-state index contributed by atoms with van der Waals surface area (Å²) >= 11 is 0. The summed E-state index contributed by atoms with van der Waals surface area (Å²) in [7, 11) is 0. The smallest absolute Gasteiger partial charge is 0.254 e. The van der Waals surface area contributed by atoms with Gasteiger partial charge in [0, 0.05) is 5.56 Å². The fourth-order valence-electron chi connectivity index (χ4n) is 2.02. The highest BCUT2D eigenvalue weighted by Crippen LogP contribution is 2.05. The molecule has 1 fully saturated rings. The van der Waals surface area contributed by atoms with E-state index in [-0.39, 0.29) is 24.1 Å². The second kappa shape index (κ2) is 8.45. The van der Waals surface area contributed by atoms with Crippen molar-refractivity contribution in [3.05, 3.63) is 35.9 Å². The van der Waals surface area contributed by atoms with E-state index in [1.54, 1.807) is 24.3 Å². The van der Waals surface area contributed by atoms with Gasteiger partial charge >= 0.3 is 0 Å². The van der Waals surface area contributed by atoms with Crippen LogP contribution in [0.1, 0.15) is 23.2 Å². The van der Waals surface area contributed by atoms with Crippen molar-refractivity contribution < 1.29 is 9.59 Å². The number of carbonyl (C=O) groups is 2. The third kappa shape index (κ3) is 5.11. The molecular formula is C14H18ClN3O2. The molecule has 5 nitrogen and oxygen atoms in total. The Labute approximate surface area is 124 Å². The Hall–Kier alpha value is -1.72. The molecule has 0 bridgehead atoms. The number of likely N-dealkylation sites (tertiary alicyclic amines) is 1. The molecule has 0 radical (unpaired) electrons. The molecule has 1 amide bonds. The number of nitrogens with one attached hydrogen (secondary N) is 1. The second-order valence-corrected chi connectivity index (χ2v) is 4.51. The van der Waals surface area contributed by atoms with Crippen LogP contribution in [0, 0.1) is 0 Å². The number of benzene rings is 1. The van der Waals surface area contributed by atoms with Gasteiger partial charge in [-0.2, -0.15) is 5.10 Å². The number of halogens is 1. The largest absolute Gasteiger partial charge is 0.294 e. The van der Waals surface area contributed by atoms with Crippen LogP contribution in [0.4, 0.5) is 0 Å². The summed E-state index contributed by atoms with van der Waals surface area (Å²) in [4.78, 5) is 25.3. The van der Waals surface area contributed by atoms with Crippen molar-refractivity contribution in [2.45, 2.75) is 12.8 Å². The topological polar surface area (TPSA) is 61.8 Å². The van der Waals surface area contributed by atoms with Gasteiger partial charge in [-0.25, -0.2) is 5.43 Å². The van der Waals surface area contributed by atoms with Gasteiger partial charge < -0.3 is 0 Å². The number of carbonyl (C=O) groups excluding carboxylic acids is 2. The first-order valence-corrected chi connectivity index (χ1v) is 6.39. The standard InChI is InChI=1S/C14H17N3O2.ClH/c18-13(12-6-2-1-3-7-12)10-15-16-14(19)11-17-8-4-5-9-17;/h1-3,6-7,10H,4-5,8-9,11H2,(H,16,19);1H/b15-10+;. The Morgan fingerprint density at radius 1 is 1.20 bits per heavy atom. The van der Waals surface area contributed by atoms with Crippen LogP contribution in [0.25, 0.3) is 0 Å². The third-order valence-corrected chi connectivity index (χ3v) is 3.00. The summed E-state index contributed by atoms with van der Waals surface area (Å²) in [5.41, 5.74) is 2.93. The van der Waals surface area contributed by atoms with Crippen LogP contribution >= 0.6 is 12.4 Å². The number of rotatable bonds is 5. The van der Waals surface area contributed by atoms with Gasteiger partial charge in [-0.1, -0.05) is 30.3 Å². The van der Waals surface area contributed by atoms with Crippen LogP contribution in [0.5, 0.6) is 0 Å². The molecule has 1 aliphatic rings. The van der Waals surface area contributed by atoms with Gasteiger partial charge in [0.1, 0.15) is 0 Å². The Kier molecular flexibility index (Phi) is 6.90. The molecule has 6 heteroatoms. The number of amides is 1. The lowest BCUT2D eigenvalue weighted by atomic mass is 10.1. The monoisotopic (exact) mass is 295 g/mol. The molecule has 1 saturated heterocycles. The predicted octanol–water partition coefficient (Wildman–Crippen LogP) is 1.49. The van der Waals surface area contributed by atoms with Gasteiger partial charge in [0.25, 0.3) is 5.91 Å². The van der Waals surface area contributed by atoms with Crippen LogP contribution in [-0.2, 0) is 4.79 Å². The van der Waals surface area contributed by atoms with Crippen molar-refractivity contribution in [1.82, 2.24) is 10.3 Å². The summed E-state index contributed by atoms with van der Waals surface area (Å²) in [6.07, 6.45) is 3.42. The second-order valence-electron chi connectivity index (χ2n) is 4.51. The number of hydrogen-bond donors (Lipinski definition) is 1. The number of hydrazone groups is 1. The molecule has 20 heavy (non-hydrogen) atoms. The van der Waals surface area contributed by atoms with Crippen molar-refractivity contribution in [2.24, 2.45) is 5.10 Å². The molecule has 0 unspecified atom stereocenters. The molecular weight excluding hydrogens is 278 g/mol. The van der Waals surface area contributed by atoms with Crippen molar-refractivity contribution in [3.63, 3.8) is 0 Å². The van der Waals surface area contributed by atoms with Crippen molar-refractivity contribution >= 4 is 30.3 Å². The zero-order valence-corrected chi connectivity index (χ0v) is 11.9. The first-order chi connectivity index (χ1) is 9.25. The van der Waals surface area contributed by atoms with Crippen LogP contribution in [-0.4, -0.2) is 42.4 Å². The first-order valence-electron chi connectivity index (χ1n) is 6.39. The van der Waals surface area contributed by atoms with E-state index in [4.69, 9.17) is 0 Å². The van der Waals surface area contributed by atoms with E-state index in [1.807, 2.05) is 6.07 Å². The Morgan fingerprint density at radius 3 is 2.50 bits per heavy atom. The lowest BCUT2D eigenvalue weighted by Crippen LogP contribution is -2.33. The molecule has 0 aromatic heterocycles. The maximum atomic E-state index is 11.7. The zero-order chi connectivity index (χ0) is 13.5. The van der Waals surface area contributed by atoms with Crippen LogP contribution < -0.4 is 5.43 Å². The maximum Gasteiger partial charge on any atom is 0.254 e. The minimum Gasteiger partial charge on any atom is -0.294 e. The minimum atomic E-state index is -0.220. The van der Waals surface area contributed by atoms with Crippen molar-refractivity contribution in [1.29, 1.82) is 0 Å². The molecule has 1 aromatic rings. The Morgan fingerprint density at radius 2 is 1.85 bits per heavy atom. The lowest BCUT2D eigenvalue weighted by Gasteiger charge is -2.11. The normalized spacial score (nSPS) is 15.0.